The number of benzene rings is 1. The molecule has 0 saturated carbocycles. The molecule has 3 rings (SSSR count). The molecule has 0 amide bonds. The van der Waals surface area contributed by atoms with Crippen molar-refractivity contribution >= 4 is 11.9 Å². The third-order valence-corrected chi connectivity index (χ3v) is 3.22. The molecule has 0 spiro atoms. The van der Waals surface area contributed by atoms with E-state index in [1.54, 1.807) is 18.2 Å². The Bertz CT molecular complexity index is 538. The minimum absolute atomic E-state index is 0.103. The van der Waals surface area contributed by atoms with E-state index in [0.717, 1.165) is 0 Å². The largest absolute Gasteiger partial charge is 0.486 e. The van der Waals surface area contributed by atoms with Gasteiger partial charge in [0.2, 0.25) is 0 Å². The molecule has 0 radical (unpaired) electrons. The number of cyclic esters (lactones) is 1. The van der Waals surface area contributed by atoms with Crippen LogP contribution in [0, 0.1) is 5.92 Å². The molecule has 0 bridgehead atoms. The second kappa shape index (κ2) is 4.46. The number of carboxylic acids is 1. The number of carboxylic acid groups (broad SMARTS) is 1. The SMILES string of the molecule is O=C1C[C@@H](C(=O)O)[C@H](c2ccc3c(c2)OCCO3)O1. The predicted octanol–water partition coefficient (Wildman–Crippen LogP) is 1.15. The van der Waals surface area contributed by atoms with E-state index in [9.17, 15) is 9.59 Å². The van der Waals surface area contributed by atoms with Gasteiger partial charge in [0.05, 0.1) is 6.42 Å². The van der Waals surface area contributed by atoms with Gasteiger partial charge in [-0.2, -0.15) is 0 Å². The Morgan fingerprint density at radius 3 is 2.68 bits per heavy atom. The first-order valence-corrected chi connectivity index (χ1v) is 5.97. The topological polar surface area (TPSA) is 82.1 Å². The monoisotopic (exact) mass is 264 g/mol. The molecule has 100 valence electrons. The smallest absolute Gasteiger partial charge is 0.311 e. The molecular formula is C13H12O6. The fourth-order valence-corrected chi connectivity index (χ4v) is 2.31. The molecule has 0 aliphatic carbocycles. The van der Waals surface area contributed by atoms with E-state index >= 15 is 0 Å². The van der Waals surface area contributed by atoms with Gasteiger partial charge in [-0.05, 0) is 17.7 Å². The van der Waals surface area contributed by atoms with Gasteiger partial charge < -0.3 is 19.3 Å². The molecule has 19 heavy (non-hydrogen) atoms. The predicted molar refractivity (Wildman–Crippen MR) is 62.0 cm³/mol. The third kappa shape index (κ3) is 2.09. The van der Waals surface area contributed by atoms with Crippen LogP contribution in [0.2, 0.25) is 0 Å². The van der Waals surface area contributed by atoms with Gasteiger partial charge >= 0.3 is 11.9 Å². The standard InChI is InChI=1S/C13H12O6/c14-11-6-8(13(15)16)12(19-11)7-1-2-9-10(5-7)18-4-3-17-9/h1-2,5,8,12H,3-4,6H2,(H,15,16)/t8-,12+/m1/s1. The van der Waals surface area contributed by atoms with Crippen molar-refractivity contribution in [1.29, 1.82) is 0 Å². The number of rotatable bonds is 2. The molecule has 0 unspecified atom stereocenters. The Hall–Kier alpha value is -2.24. The van der Waals surface area contributed by atoms with E-state index < -0.39 is 24.0 Å². The highest BCUT2D eigenvalue weighted by atomic mass is 16.6. The molecule has 1 saturated heterocycles. The van der Waals surface area contributed by atoms with Crippen molar-refractivity contribution < 1.29 is 28.9 Å². The highest BCUT2D eigenvalue weighted by Gasteiger charge is 2.41. The van der Waals surface area contributed by atoms with Crippen molar-refractivity contribution in [1.82, 2.24) is 0 Å². The van der Waals surface area contributed by atoms with Crippen LogP contribution in [0.1, 0.15) is 18.1 Å². The Morgan fingerprint density at radius 1 is 1.21 bits per heavy atom. The van der Waals surface area contributed by atoms with Gasteiger partial charge in [-0.3, -0.25) is 9.59 Å². The maximum atomic E-state index is 11.3. The minimum Gasteiger partial charge on any atom is -0.486 e. The molecule has 1 aromatic carbocycles. The van der Waals surface area contributed by atoms with Crippen molar-refractivity contribution in [2.24, 2.45) is 5.92 Å². The van der Waals surface area contributed by atoms with E-state index in [1.165, 1.54) is 0 Å². The first-order chi connectivity index (χ1) is 9.15. The molecule has 1 aromatic rings. The van der Waals surface area contributed by atoms with Crippen LogP contribution in [-0.2, 0) is 14.3 Å². The molecular weight excluding hydrogens is 252 g/mol. The molecule has 6 heteroatoms. The normalized spacial score (nSPS) is 24.9. The number of carbonyl (C=O) groups is 2. The number of aliphatic carboxylic acids is 1. The minimum atomic E-state index is -1.04. The van der Waals surface area contributed by atoms with E-state index in [1.807, 2.05) is 0 Å². The summed E-state index contributed by atoms with van der Waals surface area (Å²) >= 11 is 0. The highest BCUT2D eigenvalue weighted by Crippen LogP contribution is 2.39. The zero-order valence-corrected chi connectivity index (χ0v) is 10.00. The number of ether oxygens (including phenoxy) is 3. The first-order valence-electron chi connectivity index (χ1n) is 5.97. The summed E-state index contributed by atoms with van der Waals surface area (Å²) in [4.78, 5) is 22.4. The molecule has 1 fully saturated rings. The van der Waals surface area contributed by atoms with E-state index in [-0.39, 0.29) is 6.42 Å². The maximum Gasteiger partial charge on any atom is 0.311 e. The number of hydrogen-bond donors (Lipinski definition) is 1. The number of fused-ring (bicyclic) bond motifs is 1. The van der Waals surface area contributed by atoms with Crippen LogP contribution in [0.4, 0.5) is 0 Å². The Kier molecular flexibility index (Phi) is 2.77. The summed E-state index contributed by atoms with van der Waals surface area (Å²) < 4.78 is 15.9. The number of esters is 1. The number of hydrogen-bond acceptors (Lipinski definition) is 5. The second-order valence-electron chi connectivity index (χ2n) is 4.46. The Balaban J connectivity index is 1.93. The molecule has 2 heterocycles. The fraction of sp³-hybridized carbons (Fsp3) is 0.385. The molecule has 1 N–H and O–H groups in total. The molecule has 2 aliphatic heterocycles. The summed E-state index contributed by atoms with van der Waals surface area (Å²) in [5.41, 5.74) is 0.613. The van der Waals surface area contributed by atoms with Gasteiger partial charge in [0.1, 0.15) is 25.2 Å². The summed E-state index contributed by atoms with van der Waals surface area (Å²) in [6, 6.07) is 5.08. The van der Waals surface area contributed by atoms with E-state index in [2.05, 4.69) is 0 Å². The summed E-state index contributed by atoms with van der Waals surface area (Å²) in [6.07, 6.45) is -0.866. The van der Waals surface area contributed by atoms with Gasteiger partial charge in [-0.1, -0.05) is 6.07 Å². The van der Waals surface area contributed by atoms with Gasteiger partial charge in [0, 0.05) is 0 Å². The van der Waals surface area contributed by atoms with Crippen molar-refractivity contribution in [3.63, 3.8) is 0 Å². The zero-order chi connectivity index (χ0) is 13.4. The molecule has 2 atom stereocenters. The van der Waals surface area contributed by atoms with Crippen LogP contribution >= 0.6 is 0 Å². The molecule has 2 aliphatic rings. The van der Waals surface area contributed by atoms with Gasteiger partial charge in [-0.15, -0.1) is 0 Å². The Labute approximate surface area is 108 Å². The van der Waals surface area contributed by atoms with Gasteiger partial charge in [0.25, 0.3) is 0 Å². The van der Waals surface area contributed by atoms with Gasteiger partial charge in [-0.25, -0.2) is 0 Å². The second-order valence-corrected chi connectivity index (χ2v) is 4.46. The van der Waals surface area contributed by atoms with Crippen molar-refractivity contribution in [3.05, 3.63) is 23.8 Å². The summed E-state index contributed by atoms with van der Waals surface area (Å²) in [7, 11) is 0. The van der Waals surface area contributed by atoms with Crippen LogP contribution in [-0.4, -0.2) is 30.3 Å². The van der Waals surface area contributed by atoms with Crippen LogP contribution in [0.25, 0.3) is 0 Å². The van der Waals surface area contributed by atoms with E-state index in [0.29, 0.717) is 30.3 Å². The Morgan fingerprint density at radius 2 is 1.95 bits per heavy atom. The lowest BCUT2D eigenvalue weighted by molar-refractivity contribution is -0.144. The summed E-state index contributed by atoms with van der Waals surface area (Å²) in [5, 5.41) is 9.11. The lowest BCUT2D eigenvalue weighted by atomic mass is 9.95. The van der Waals surface area contributed by atoms with Crippen molar-refractivity contribution in [2.75, 3.05) is 13.2 Å². The number of carbonyl (C=O) groups excluding carboxylic acids is 1. The average molecular weight is 264 g/mol. The molecule has 0 aromatic heterocycles. The van der Waals surface area contributed by atoms with Crippen LogP contribution in [0.3, 0.4) is 0 Å². The van der Waals surface area contributed by atoms with E-state index in [4.69, 9.17) is 19.3 Å². The van der Waals surface area contributed by atoms with Crippen LogP contribution < -0.4 is 9.47 Å². The third-order valence-electron chi connectivity index (χ3n) is 3.22. The lowest BCUT2D eigenvalue weighted by Gasteiger charge is -2.21. The first kappa shape index (κ1) is 11.8. The quantitative estimate of drug-likeness (QED) is 0.807. The maximum absolute atomic E-state index is 11.3. The van der Waals surface area contributed by atoms with Gasteiger partial charge in [0.15, 0.2) is 11.5 Å². The summed E-state index contributed by atoms with van der Waals surface area (Å²) in [6.45, 7) is 0.936. The fourth-order valence-electron chi connectivity index (χ4n) is 2.31. The average Bonchev–Trinajstić information content (AvgIpc) is 2.80. The van der Waals surface area contributed by atoms with Crippen molar-refractivity contribution in [2.45, 2.75) is 12.5 Å². The van der Waals surface area contributed by atoms with Crippen LogP contribution in [0.5, 0.6) is 11.5 Å². The lowest BCUT2D eigenvalue weighted by Crippen LogP contribution is -2.19. The summed E-state index contributed by atoms with van der Waals surface area (Å²) in [5.74, 6) is -1.21. The van der Waals surface area contributed by atoms with Crippen molar-refractivity contribution in [3.8, 4) is 11.5 Å². The zero-order valence-electron chi connectivity index (χ0n) is 10.00. The molecule has 6 nitrogen and oxygen atoms in total. The van der Waals surface area contributed by atoms with Crippen LogP contribution in [0.15, 0.2) is 18.2 Å². The highest BCUT2D eigenvalue weighted by molar-refractivity contribution is 5.82.